The van der Waals surface area contributed by atoms with E-state index in [0.717, 1.165) is 5.56 Å². The number of aliphatic hydroxyl groups is 1. The zero-order chi connectivity index (χ0) is 9.68. The van der Waals surface area contributed by atoms with Gasteiger partial charge in [0.1, 0.15) is 6.61 Å². The molecule has 0 spiro atoms. The van der Waals surface area contributed by atoms with Crippen molar-refractivity contribution in [2.45, 2.75) is 6.92 Å². The maximum absolute atomic E-state index is 11.0. The van der Waals surface area contributed by atoms with E-state index in [2.05, 4.69) is 0 Å². The van der Waals surface area contributed by atoms with Gasteiger partial charge in [0.25, 0.3) is 0 Å². The molecule has 13 heavy (non-hydrogen) atoms. The van der Waals surface area contributed by atoms with Crippen LogP contribution in [0.25, 0.3) is 6.08 Å². The number of carbonyl (C=O) groups is 1. The Hall–Kier alpha value is -1.41. The van der Waals surface area contributed by atoms with E-state index < -0.39 is 6.61 Å². The number of aliphatic hydroxyl groups excluding tert-OH is 1. The first kappa shape index (κ1) is 9.68. The van der Waals surface area contributed by atoms with Crippen molar-refractivity contribution in [1.82, 2.24) is 0 Å². The Bertz CT molecular complexity index is 312. The molecule has 68 valence electrons. The molecule has 0 saturated carbocycles. The fraction of sp³-hybridized carbons (Fsp3) is 0.182. The van der Waals surface area contributed by atoms with Crippen LogP contribution in [0.5, 0.6) is 0 Å². The quantitative estimate of drug-likeness (QED) is 0.711. The summed E-state index contributed by atoms with van der Waals surface area (Å²) < 4.78 is 0. The number of hydrogen-bond donors (Lipinski definition) is 1. The van der Waals surface area contributed by atoms with Gasteiger partial charge in [0.05, 0.1) is 0 Å². The number of benzene rings is 1. The molecule has 0 radical (unpaired) electrons. The molecule has 0 aromatic heterocycles. The molecule has 2 nitrogen and oxygen atoms in total. The van der Waals surface area contributed by atoms with Crippen molar-refractivity contribution in [2.24, 2.45) is 0 Å². The van der Waals surface area contributed by atoms with Gasteiger partial charge in [-0.2, -0.15) is 0 Å². The van der Waals surface area contributed by atoms with Crippen molar-refractivity contribution in [3.63, 3.8) is 0 Å². The molecule has 0 aliphatic heterocycles. The van der Waals surface area contributed by atoms with E-state index in [1.807, 2.05) is 30.3 Å². The Labute approximate surface area is 77.5 Å². The zero-order valence-corrected chi connectivity index (χ0v) is 7.53. The molecule has 0 unspecified atom stereocenters. The van der Waals surface area contributed by atoms with Crippen LogP contribution < -0.4 is 0 Å². The van der Waals surface area contributed by atoms with E-state index in [4.69, 9.17) is 5.11 Å². The lowest BCUT2D eigenvalue weighted by Gasteiger charge is -1.96. The molecule has 0 aliphatic carbocycles. The molecule has 0 amide bonds. The largest absolute Gasteiger partial charge is 0.388 e. The first-order chi connectivity index (χ1) is 6.24. The van der Waals surface area contributed by atoms with E-state index in [1.54, 1.807) is 13.0 Å². The molecule has 1 aromatic rings. The van der Waals surface area contributed by atoms with Crippen LogP contribution in [0.4, 0.5) is 0 Å². The highest BCUT2D eigenvalue weighted by Gasteiger charge is 2.00. The van der Waals surface area contributed by atoms with E-state index in [0.29, 0.717) is 5.57 Å². The molecule has 0 bridgehead atoms. The third kappa shape index (κ3) is 2.84. The van der Waals surface area contributed by atoms with Crippen LogP contribution in [-0.4, -0.2) is 17.5 Å². The van der Waals surface area contributed by atoms with Crippen LogP contribution in [0.1, 0.15) is 12.5 Å². The van der Waals surface area contributed by atoms with Crippen LogP contribution in [0, 0.1) is 0 Å². The number of carbonyl (C=O) groups excluding carboxylic acids is 1. The fourth-order valence-corrected chi connectivity index (χ4v) is 1.00. The standard InChI is InChI=1S/C11H12O2/c1-9(11(13)8-12)7-10-5-3-2-4-6-10/h2-7,12H,8H2,1H3/b9-7+. The van der Waals surface area contributed by atoms with Crippen molar-refractivity contribution in [2.75, 3.05) is 6.61 Å². The first-order valence-electron chi connectivity index (χ1n) is 4.11. The van der Waals surface area contributed by atoms with Gasteiger partial charge in [0.2, 0.25) is 0 Å². The lowest BCUT2D eigenvalue weighted by molar-refractivity contribution is -0.118. The Morgan fingerprint density at radius 2 is 2.00 bits per heavy atom. The summed E-state index contributed by atoms with van der Waals surface area (Å²) in [6.07, 6.45) is 1.76. The van der Waals surface area contributed by atoms with E-state index in [-0.39, 0.29) is 5.78 Å². The molecule has 0 heterocycles. The second kappa shape index (κ2) is 4.58. The second-order valence-electron chi connectivity index (χ2n) is 2.82. The molecule has 0 fully saturated rings. The minimum absolute atomic E-state index is 0.233. The van der Waals surface area contributed by atoms with Gasteiger partial charge in [-0.3, -0.25) is 4.79 Å². The number of hydrogen-bond acceptors (Lipinski definition) is 2. The maximum atomic E-state index is 11.0. The molecule has 0 aliphatic rings. The molecular weight excluding hydrogens is 164 g/mol. The lowest BCUT2D eigenvalue weighted by atomic mass is 10.1. The van der Waals surface area contributed by atoms with Gasteiger partial charge in [0.15, 0.2) is 5.78 Å². The van der Waals surface area contributed by atoms with Gasteiger partial charge in [-0.15, -0.1) is 0 Å². The normalized spacial score (nSPS) is 11.4. The monoisotopic (exact) mass is 176 g/mol. The van der Waals surface area contributed by atoms with Gasteiger partial charge < -0.3 is 5.11 Å². The number of Topliss-reactive ketones (excluding diaryl/α,β-unsaturated/α-hetero) is 1. The Morgan fingerprint density at radius 1 is 1.38 bits per heavy atom. The summed E-state index contributed by atoms with van der Waals surface area (Å²) in [6, 6.07) is 9.55. The summed E-state index contributed by atoms with van der Waals surface area (Å²) >= 11 is 0. The zero-order valence-electron chi connectivity index (χ0n) is 7.53. The lowest BCUT2D eigenvalue weighted by Crippen LogP contribution is -2.04. The second-order valence-corrected chi connectivity index (χ2v) is 2.82. The van der Waals surface area contributed by atoms with Crippen LogP contribution in [0.2, 0.25) is 0 Å². The summed E-state index contributed by atoms with van der Waals surface area (Å²) in [5, 5.41) is 8.59. The summed E-state index contributed by atoms with van der Waals surface area (Å²) in [5.41, 5.74) is 1.55. The number of rotatable bonds is 3. The smallest absolute Gasteiger partial charge is 0.183 e. The Kier molecular flexibility index (Phi) is 3.41. The van der Waals surface area contributed by atoms with E-state index in [9.17, 15) is 4.79 Å². The predicted octanol–water partition coefficient (Wildman–Crippen LogP) is 1.65. The number of ketones is 1. The Morgan fingerprint density at radius 3 is 2.54 bits per heavy atom. The highest BCUT2D eigenvalue weighted by atomic mass is 16.3. The average molecular weight is 176 g/mol. The molecular formula is C11H12O2. The van der Waals surface area contributed by atoms with Gasteiger partial charge >= 0.3 is 0 Å². The molecule has 1 rings (SSSR count). The van der Waals surface area contributed by atoms with Crippen molar-refractivity contribution in [1.29, 1.82) is 0 Å². The fourth-order valence-electron chi connectivity index (χ4n) is 1.00. The molecule has 0 atom stereocenters. The molecule has 2 heteroatoms. The van der Waals surface area contributed by atoms with E-state index in [1.165, 1.54) is 0 Å². The molecule has 1 N–H and O–H groups in total. The topological polar surface area (TPSA) is 37.3 Å². The van der Waals surface area contributed by atoms with Crippen LogP contribution >= 0.6 is 0 Å². The van der Waals surface area contributed by atoms with E-state index >= 15 is 0 Å². The third-order valence-corrected chi connectivity index (χ3v) is 1.77. The van der Waals surface area contributed by atoms with Crippen molar-refractivity contribution < 1.29 is 9.90 Å². The maximum Gasteiger partial charge on any atom is 0.183 e. The minimum atomic E-state index is -0.421. The predicted molar refractivity (Wildman–Crippen MR) is 52.2 cm³/mol. The van der Waals surface area contributed by atoms with Gasteiger partial charge in [-0.05, 0) is 24.1 Å². The SMILES string of the molecule is C/C(=C\c1ccccc1)C(=O)CO. The minimum Gasteiger partial charge on any atom is -0.388 e. The summed E-state index contributed by atoms with van der Waals surface area (Å²) in [4.78, 5) is 11.0. The third-order valence-electron chi connectivity index (χ3n) is 1.77. The Balaban J connectivity index is 2.83. The summed E-state index contributed by atoms with van der Waals surface area (Å²) in [7, 11) is 0. The van der Waals surface area contributed by atoms with Crippen molar-refractivity contribution >= 4 is 11.9 Å². The van der Waals surface area contributed by atoms with Crippen LogP contribution in [0.15, 0.2) is 35.9 Å². The molecule has 0 saturated heterocycles. The van der Waals surface area contributed by atoms with Gasteiger partial charge in [0, 0.05) is 0 Å². The van der Waals surface area contributed by atoms with Gasteiger partial charge in [-0.1, -0.05) is 30.3 Å². The van der Waals surface area contributed by atoms with Crippen molar-refractivity contribution in [3.8, 4) is 0 Å². The highest BCUT2D eigenvalue weighted by Crippen LogP contribution is 2.06. The first-order valence-corrected chi connectivity index (χ1v) is 4.11. The summed E-state index contributed by atoms with van der Waals surface area (Å²) in [5.74, 6) is -0.233. The molecule has 1 aromatic carbocycles. The summed E-state index contributed by atoms with van der Waals surface area (Å²) in [6.45, 7) is 1.28. The highest BCUT2D eigenvalue weighted by molar-refractivity contribution is 5.99. The average Bonchev–Trinajstić information content (AvgIpc) is 2.18. The van der Waals surface area contributed by atoms with Crippen LogP contribution in [-0.2, 0) is 4.79 Å². The van der Waals surface area contributed by atoms with Gasteiger partial charge in [-0.25, -0.2) is 0 Å². The van der Waals surface area contributed by atoms with Crippen LogP contribution in [0.3, 0.4) is 0 Å². The van der Waals surface area contributed by atoms with Crippen molar-refractivity contribution in [3.05, 3.63) is 41.5 Å².